The first kappa shape index (κ1) is 52.7. The number of hydrogen-bond donors (Lipinski definition) is 2. The number of phosphoric acid groups is 1. The fourth-order valence-corrected chi connectivity index (χ4v) is 6.38. The highest BCUT2D eigenvalue weighted by Crippen LogP contribution is 2.43. The van der Waals surface area contributed by atoms with E-state index in [4.69, 9.17) is 24.3 Å². The van der Waals surface area contributed by atoms with Crippen molar-refractivity contribution >= 4 is 19.8 Å². The highest BCUT2D eigenvalue weighted by atomic mass is 31.2. The molecule has 1 unspecified atom stereocenters. The van der Waals surface area contributed by atoms with Gasteiger partial charge in [-0.2, -0.15) is 0 Å². The van der Waals surface area contributed by atoms with E-state index in [1.54, 1.807) is 0 Å². The molecule has 0 aromatic carbocycles. The minimum Gasteiger partial charge on any atom is -0.462 e. The molecule has 0 heterocycles. The van der Waals surface area contributed by atoms with E-state index in [0.717, 1.165) is 70.6 Å². The van der Waals surface area contributed by atoms with E-state index < -0.39 is 32.5 Å². The van der Waals surface area contributed by atoms with Crippen molar-refractivity contribution in [2.24, 2.45) is 5.73 Å². The number of phosphoric ester groups is 1. The Kier molecular flexibility index (Phi) is 39.6. The second-order valence-electron chi connectivity index (χ2n) is 14.2. The van der Waals surface area contributed by atoms with E-state index in [1.165, 1.54) is 70.6 Å². The van der Waals surface area contributed by atoms with Crippen LogP contribution in [0.15, 0.2) is 60.8 Å². The summed E-state index contributed by atoms with van der Waals surface area (Å²) in [6.45, 7) is 3.64. The second-order valence-corrected chi connectivity index (χ2v) is 15.7. The van der Waals surface area contributed by atoms with Gasteiger partial charge in [-0.25, -0.2) is 4.57 Å². The van der Waals surface area contributed by atoms with Crippen LogP contribution in [0, 0.1) is 0 Å². The Bertz CT molecular complexity index is 1090. The lowest BCUT2D eigenvalue weighted by Gasteiger charge is -2.19. The number of allylic oxidation sites excluding steroid dienone is 10. The van der Waals surface area contributed by atoms with Gasteiger partial charge in [0, 0.05) is 19.4 Å². The van der Waals surface area contributed by atoms with E-state index in [1.807, 2.05) is 0 Å². The maximum absolute atomic E-state index is 12.6. The fourth-order valence-electron chi connectivity index (χ4n) is 5.61. The lowest BCUT2D eigenvalue weighted by molar-refractivity contribution is -0.161. The number of esters is 2. The zero-order chi connectivity index (χ0) is 40.3. The molecule has 0 bridgehead atoms. The Hall–Kier alpha value is -2.29. The Morgan fingerprint density at radius 2 is 0.945 bits per heavy atom. The predicted octanol–water partition coefficient (Wildman–Crippen LogP) is 12.5. The second kappa shape index (κ2) is 41.3. The van der Waals surface area contributed by atoms with Crippen molar-refractivity contribution in [1.29, 1.82) is 0 Å². The minimum atomic E-state index is -4.39. The van der Waals surface area contributed by atoms with Crippen LogP contribution in [0.2, 0.25) is 0 Å². The molecule has 10 heteroatoms. The molecule has 2 atom stereocenters. The third-order valence-corrected chi connectivity index (χ3v) is 9.86. The van der Waals surface area contributed by atoms with Crippen LogP contribution in [-0.2, 0) is 32.7 Å². The molecule has 0 radical (unpaired) electrons. The maximum Gasteiger partial charge on any atom is 0.472 e. The van der Waals surface area contributed by atoms with Crippen molar-refractivity contribution in [3.8, 4) is 0 Å². The molecule has 0 aromatic rings. The summed E-state index contributed by atoms with van der Waals surface area (Å²) in [4.78, 5) is 34.9. The molecule has 0 aliphatic rings. The third kappa shape index (κ3) is 41.2. The lowest BCUT2D eigenvalue weighted by Crippen LogP contribution is -2.29. The van der Waals surface area contributed by atoms with Crippen LogP contribution in [0.5, 0.6) is 0 Å². The number of carbonyl (C=O) groups is 2. The van der Waals surface area contributed by atoms with Crippen LogP contribution in [0.25, 0.3) is 0 Å². The van der Waals surface area contributed by atoms with Gasteiger partial charge in [0.05, 0.1) is 13.2 Å². The predicted molar refractivity (Wildman–Crippen MR) is 229 cm³/mol. The van der Waals surface area contributed by atoms with Gasteiger partial charge < -0.3 is 20.1 Å². The van der Waals surface area contributed by atoms with Crippen molar-refractivity contribution in [1.82, 2.24) is 0 Å². The number of unbranched alkanes of at least 4 members (excludes halogenated alkanes) is 17. The molecular formula is C45H80NO8P. The summed E-state index contributed by atoms with van der Waals surface area (Å²) >= 11 is 0. The fraction of sp³-hybridized carbons (Fsp3) is 0.733. The summed E-state index contributed by atoms with van der Waals surface area (Å²) in [6, 6.07) is 0. The van der Waals surface area contributed by atoms with Crippen molar-refractivity contribution in [2.75, 3.05) is 26.4 Å². The molecule has 0 fully saturated rings. The van der Waals surface area contributed by atoms with E-state index in [2.05, 4.69) is 74.6 Å². The van der Waals surface area contributed by atoms with Crippen LogP contribution in [0.3, 0.4) is 0 Å². The van der Waals surface area contributed by atoms with Crippen LogP contribution >= 0.6 is 7.82 Å². The molecule has 0 aliphatic carbocycles. The third-order valence-electron chi connectivity index (χ3n) is 8.88. The summed E-state index contributed by atoms with van der Waals surface area (Å²) in [7, 11) is -4.39. The van der Waals surface area contributed by atoms with Crippen molar-refractivity contribution < 1.29 is 37.6 Å². The summed E-state index contributed by atoms with van der Waals surface area (Å²) < 4.78 is 32.7. The number of hydrogen-bond acceptors (Lipinski definition) is 8. The average molecular weight is 794 g/mol. The maximum atomic E-state index is 12.6. The first-order valence-electron chi connectivity index (χ1n) is 21.8. The molecule has 9 nitrogen and oxygen atoms in total. The average Bonchev–Trinajstić information content (AvgIpc) is 3.17. The van der Waals surface area contributed by atoms with Crippen LogP contribution < -0.4 is 5.73 Å². The van der Waals surface area contributed by atoms with E-state index >= 15 is 0 Å². The molecule has 0 saturated carbocycles. The Morgan fingerprint density at radius 3 is 1.47 bits per heavy atom. The lowest BCUT2D eigenvalue weighted by atomic mass is 10.1. The van der Waals surface area contributed by atoms with Gasteiger partial charge in [-0.3, -0.25) is 18.6 Å². The van der Waals surface area contributed by atoms with E-state index in [0.29, 0.717) is 12.8 Å². The SMILES string of the molecule is CCCCC/C=C/C/C=C/C/C=C/C/C=C/CCCCCC(=O)O[C@H](COC(=O)CCCCCCC/C=C/CCCCCCCC)COP(=O)(O)OCCN. The number of rotatable bonds is 40. The van der Waals surface area contributed by atoms with Gasteiger partial charge in [0.1, 0.15) is 6.61 Å². The zero-order valence-corrected chi connectivity index (χ0v) is 35.8. The van der Waals surface area contributed by atoms with Crippen molar-refractivity contribution in [3.05, 3.63) is 60.8 Å². The Balaban J connectivity index is 4.25. The minimum absolute atomic E-state index is 0.0444. The molecule has 0 spiro atoms. The number of ether oxygens (including phenoxy) is 2. The van der Waals surface area contributed by atoms with Gasteiger partial charge in [-0.05, 0) is 83.5 Å². The van der Waals surface area contributed by atoms with Crippen molar-refractivity contribution in [3.63, 3.8) is 0 Å². The smallest absolute Gasteiger partial charge is 0.462 e. The van der Waals surface area contributed by atoms with Gasteiger partial charge in [0.25, 0.3) is 0 Å². The zero-order valence-electron chi connectivity index (χ0n) is 34.9. The molecule has 55 heavy (non-hydrogen) atoms. The molecule has 0 aliphatic heterocycles. The molecule has 0 aromatic heterocycles. The summed E-state index contributed by atoms with van der Waals surface area (Å²) in [6.07, 6.45) is 48.2. The highest BCUT2D eigenvalue weighted by molar-refractivity contribution is 7.47. The van der Waals surface area contributed by atoms with Crippen LogP contribution in [0.1, 0.15) is 181 Å². The van der Waals surface area contributed by atoms with Crippen molar-refractivity contribution in [2.45, 2.75) is 187 Å². The van der Waals surface area contributed by atoms with Gasteiger partial charge in [-0.15, -0.1) is 0 Å². The number of nitrogens with two attached hydrogens (primary N) is 1. The number of carbonyl (C=O) groups excluding carboxylic acids is 2. The normalized spacial score (nSPS) is 13.9. The van der Waals surface area contributed by atoms with Gasteiger partial charge >= 0.3 is 19.8 Å². The topological polar surface area (TPSA) is 134 Å². The summed E-state index contributed by atoms with van der Waals surface area (Å²) in [5.41, 5.74) is 5.34. The molecule has 0 saturated heterocycles. The first-order chi connectivity index (χ1) is 26.8. The summed E-state index contributed by atoms with van der Waals surface area (Å²) in [5, 5.41) is 0. The highest BCUT2D eigenvalue weighted by Gasteiger charge is 2.26. The molecular weight excluding hydrogens is 713 g/mol. The van der Waals surface area contributed by atoms with Gasteiger partial charge in [0.2, 0.25) is 0 Å². The van der Waals surface area contributed by atoms with Gasteiger partial charge in [-0.1, -0.05) is 145 Å². The van der Waals surface area contributed by atoms with Gasteiger partial charge in [0.15, 0.2) is 6.10 Å². The van der Waals surface area contributed by atoms with E-state index in [9.17, 15) is 19.0 Å². The standard InChI is InChI=1S/C45H80NO8P/c1-3-5-7-9-11-13-15-17-19-20-21-22-24-26-28-30-32-34-36-38-45(48)54-43(42-53-55(49,50)52-40-39-46)41-51-44(47)37-35-33-31-29-27-25-23-18-16-14-12-10-8-6-4-2/h11,13,17-19,21-23,26,28,43H,3-10,12,14-16,20,24-25,27,29-42,46H2,1-2H3,(H,49,50)/b13-11+,19-17+,22-21+,23-18+,28-26+/t43-/m1/s1. The largest absolute Gasteiger partial charge is 0.472 e. The molecule has 0 amide bonds. The molecule has 3 N–H and O–H groups in total. The quantitative estimate of drug-likeness (QED) is 0.0269. The molecule has 0 rings (SSSR count). The van der Waals surface area contributed by atoms with Crippen LogP contribution in [-0.4, -0.2) is 49.3 Å². The first-order valence-corrected chi connectivity index (χ1v) is 23.3. The van der Waals surface area contributed by atoms with E-state index in [-0.39, 0.29) is 32.6 Å². The Labute approximate surface area is 336 Å². The summed E-state index contributed by atoms with van der Waals surface area (Å²) in [5.74, 6) is -0.877. The van der Waals surface area contributed by atoms with Crippen LogP contribution in [0.4, 0.5) is 0 Å². The Morgan fingerprint density at radius 1 is 0.545 bits per heavy atom. The molecule has 318 valence electrons. The monoisotopic (exact) mass is 794 g/mol.